The Morgan fingerprint density at radius 2 is 1.92 bits per heavy atom. The summed E-state index contributed by atoms with van der Waals surface area (Å²) in [5.74, 6) is 1.63. The number of likely N-dealkylation sites (N-methyl/N-ethyl adjacent to an activating group) is 1. The summed E-state index contributed by atoms with van der Waals surface area (Å²) in [6.45, 7) is 2.46. The van der Waals surface area contributed by atoms with Gasteiger partial charge in [-0.3, -0.25) is 14.2 Å². The van der Waals surface area contributed by atoms with E-state index in [9.17, 15) is 9.59 Å². The van der Waals surface area contributed by atoms with Crippen molar-refractivity contribution in [3.63, 3.8) is 0 Å². The molecule has 9 nitrogen and oxygen atoms in total. The Balaban J connectivity index is 1.45. The minimum atomic E-state index is -0.687. The average molecular weight is 568 g/mol. The lowest BCUT2D eigenvalue weighted by Crippen LogP contribution is -2.43. The SMILES string of the molecule is COc1ccc(Cn2c(C3(Cl)CC3)nc3sc(N(C)C(C)C(=O)NCc4ccccc4)nc3c2=O)c(OC)c1. The number of anilines is 1. The standard InChI is InChI=1S/C28H30ClN5O4S/c1-17(23(35)30-15-18-8-6-5-7-9-18)33(2)27-31-22-24(39-27)32-26(28(29)12-13-28)34(25(22)36)16-19-10-11-20(37-3)14-21(19)38-4/h5-11,14,17H,12-13,15-16H2,1-4H3,(H,30,35). The Morgan fingerprint density at radius 3 is 2.59 bits per heavy atom. The fraction of sp³-hybridized carbons (Fsp3) is 0.357. The van der Waals surface area contributed by atoms with Crippen molar-refractivity contribution in [1.29, 1.82) is 0 Å². The fourth-order valence-electron chi connectivity index (χ4n) is 4.30. The number of methoxy groups -OCH3 is 2. The van der Waals surface area contributed by atoms with E-state index in [-0.39, 0.29) is 23.5 Å². The largest absolute Gasteiger partial charge is 0.497 e. The molecule has 4 aromatic rings. The van der Waals surface area contributed by atoms with Gasteiger partial charge in [0.05, 0.1) is 20.8 Å². The van der Waals surface area contributed by atoms with Gasteiger partial charge in [0, 0.05) is 25.2 Å². The fourth-order valence-corrected chi connectivity index (χ4v) is 5.51. The molecule has 1 saturated carbocycles. The van der Waals surface area contributed by atoms with Gasteiger partial charge in [-0.2, -0.15) is 0 Å². The van der Waals surface area contributed by atoms with Crippen LogP contribution in [0.5, 0.6) is 11.5 Å². The molecule has 1 atom stereocenters. The van der Waals surface area contributed by atoms with Gasteiger partial charge in [-0.1, -0.05) is 41.7 Å². The van der Waals surface area contributed by atoms with Crippen LogP contribution in [0.15, 0.2) is 53.3 Å². The number of amides is 1. The van der Waals surface area contributed by atoms with Gasteiger partial charge in [0.15, 0.2) is 15.5 Å². The van der Waals surface area contributed by atoms with Crippen molar-refractivity contribution in [2.75, 3.05) is 26.2 Å². The number of nitrogens with one attached hydrogen (secondary N) is 1. The van der Waals surface area contributed by atoms with E-state index in [1.165, 1.54) is 11.3 Å². The number of alkyl halides is 1. The molecule has 1 N–H and O–H groups in total. The molecule has 0 radical (unpaired) electrons. The van der Waals surface area contributed by atoms with Crippen LogP contribution in [0.25, 0.3) is 10.3 Å². The lowest BCUT2D eigenvalue weighted by Gasteiger charge is -2.23. The highest BCUT2D eigenvalue weighted by Gasteiger charge is 2.47. The van der Waals surface area contributed by atoms with Gasteiger partial charge in [0.1, 0.15) is 28.2 Å². The Kier molecular flexibility index (Phi) is 7.51. The van der Waals surface area contributed by atoms with Crippen LogP contribution >= 0.6 is 22.9 Å². The smallest absolute Gasteiger partial charge is 0.281 e. The van der Waals surface area contributed by atoms with E-state index < -0.39 is 10.9 Å². The Bertz CT molecular complexity index is 1570. The van der Waals surface area contributed by atoms with Gasteiger partial charge in [-0.25, -0.2) is 9.97 Å². The molecule has 1 fully saturated rings. The minimum Gasteiger partial charge on any atom is -0.497 e. The Labute approximate surface area is 235 Å². The molecule has 0 spiro atoms. The maximum atomic E-state index is 13.8. The van der Waals surface area contributed by atoms with Crippen LogP contribution < -0.4 is 25.2 Å². The predicted molar refractivity (Wildman–Crippen MR) is 153 cm³/mol. The zero-order valence-electron chi connectivity index (χ0n) is 22.2. The monoisotopic (exact) mass is 567 g/mol. The topological polar surface area (TPSA) is 98.6 Å². The van der Waals surface area contributed by atoms with Crippen molar-refractivity contribution in [3.8, 4) is 11.5 Å². The van der Waals surface area contributed by atoms with Crippen molar-refractivity contribution in [2.45, 2.75) is 43.8 Å². The second kappa shape index (κ2) is 10.9. The van der Waals surface area contributed by atoms with E-state index in [0.29, 0.717) is 33.8 Å². The molecule has 1 amide bonds. The third-order valence-electron chi connectivity index (χ3n) is 6.99. The zero-order chi connectivity index (χ0) is 27.7. The quantitative estimate of drug-likeness (QED) is 0.285. The summed E-state index contributed by atoms with van der Waals surface area (Å²) in [6.07, 6.45) is 1.47. The Morgan fingerprint density at radius 1 is 1.18 bits per heavy atom. The zero-order valence-corrected chi connectivity index (χ0v) is 23.8. The number of aromatic nitrogens is 3. The molecular weight excluding hydrogens is 538 g/mol. The molecule has 1 aliphatic carbocycles. The predicted octanol–water partition coefficient (Wildman–Crippen LogP) is 4.29. The van der Waals surface area contributed by atoms with Gasteiger partial charge in [0.2, 0.25) is 5.91 Å². The van der Waals surface area contributed by atoms with Crippen LogP contribution in [0.3, 0.4) is 0 Å². The van der Waals surface area contributed by atoms with Crippen LogP contribution in [0.4, 0.5) is 5.13 Å². The highest BCUT2D eigenvalue weighted by atomic mass is 35.5. The van der Waals surface area contributed by atoms with Crippen molar-refractivity contribution >= 4 is 44.3 Å². The van der Waals surface area contributed by atoms with Crippen LogP contribution in [-0.4, -0.2) is 47.8 Å². The number of halogens is 1. The van der Waals surface area contributed by atoms with E-state index in [1.54, 1.807) is 43.7 Å². The first kappa shape index (κ1) is 27.0. The number of benzene rings is 2. The van der Waals surface area contributed by atoms with Crippen molar-refractivity contribution < 1.29 is 14.3 Å². The average Bonchev–Trinajstić information content (AvgIpc) is 3.56. The number of carbonyl (C=O) groups excluding carboxylic acids is 1. The molecule has 0 bridgehead atoms. The third kappa shape index (κ3) is 5.44. The lowest BCUT2D eigenvalue weighted by atomic mass is 10.1. The van der Waals surface area contributed by atoms with Gasteiger partial charge in [-0.05, 0) is 37.5 Å². The molecule has 0 aliphatic heterocycles. The molecule has 1 unspecified atom stereocenters. The van der Waals surface area contributed by atoms with Crippen molar-refractivity contribution in [3.05, 3.63) is 75.8 Å². The van der Waals surface area contributed by atoms with Gasteiger partial charge in [0.25, 0.3) is 5.56 Å². The third-order valence-corrected chi connectivity index (χ3v) is 8.58. The van der Waals surface area contributed by atoms with Gasteiger partial charge >= 0.3 is 0 Å². The molecule has 1 aliphatic rings. The number of hydrogen-bond donors (Lipinski definition) is 1. The molecule has 204 valence electrons. The molecule has 0 saturated heterocycles. The lowest BCUT2D eigenvalue weighted by molar-refractivity contribution is -0.122. The summed E-state index contributed by atoms with van der Waals surface area (Å²) >= 11 is 8.10. The summed E-state index contributed by atoms with van der Waals surface area (Å²) in [5, 5.41) is 3.49. The number of thiazole rings is 1. The van der Waals surface area contributed by atoms with Crippen molar-refractivity contribution in [2.24, 2.45) is 0 Å². The van der Waals surface area contributed by atoms with Gasteiger partial charge in [-0.15, -0.1) is 11.6 Å². The number of carbonyl (C=O) groups is 1. The molecule has 11 heteroatoms. The molecule has 2 aromatic heterocycles. The van der Waals surface area contributed by atoms with E-state index in [4.69, 9.17) is 26.1 Å². The van der Waals surface area contributed by atoms with Crippen LogP contribution in [0.2, 0.25) is 0 Å². The number of hydrogen-bond acceptors (Lipinski definition) is 8. The summed E-state index contributed by atoms with van der Waals surface area (Å²) in [6, 6.07) is 14.7. The van der Waals surface area contributed by atoms with E-state index in [1.807, 2.05) is 42.5 Å². The molecule has 39 heavy (non-hydrogen) atoms. The first-order valence-corrected chi connectivity index (χ1v) is 13.8. The Hall–Kier alpha value is -3.63. The summed E-state index contributed by atoms with van der Waals surface area (Å²) in [7, 11) is 4.95. The number of fused-ring (bicyclic) bond motifs is 1. The number of rotatable bonds is 10. The maximum absolute atomic E-state index is 13.8. The maximum Gasteiger partial charge on any atom is 0.281 e. The van der Waals surface area contributed by atoms with E-state index >= 15 is 0 Å². The molecule has 2 aromatic carbocycles. The first-order chi connectivity index (χ1) is 18.7. The number of nitrogens with zero attached hydrogens (tertiary/aromatic N) is 4. The van der Waals surface area contributed by atoms with Crippen LogP contribution in [0, 0.1) is 0 Å². The molecular formula is C28H30ClN5O4S. The van der Waals surface area contributed by atoms with Crippen LogP contribution in [0.1, 0.15) is 36.7 Å². The molecule has 2 heterocycles. The van der Waals surface area contributed by atoms with Crippen LogP contribution in [-0.2, 0) is 22.8 Å². The molecule has 5 rings (SSSR count). The van der Waals surface area contributed by atoms with Gasteiger partial charge < -0.3 is 19.7 Å². The highest BCUT2D eigenvalue weighted by Crippen LogP contribution is 2.51. The number of ether oxygens (including phenoxy) is 2. The normalized spacial score (nSPS) is 14.6. The second-order valence-electron chi connectivity index (χ2n) is 9.61. The highest BCUT2D eigenvalue weighted by molar-refractivity contribution is 7.21. The van der Waals surface area contributed by atoms with Crippen molar-refractivity contribution in [1.82, 2.24) is 19.9 Å². The second-order valence-corrected chi connectivity index (χ2v) is 11.3. The summed E-state index contributed by atoms with van der Waals surface area (Å²) in [5.41, 5.74) is 1.77. The van der Waals surface area contributed by atoms with E-state index in [2.05, 4.69) is 10.3 Å². The minimum absolute atomic E-state index is 0.143. The summed E-state index contributed by atoms with van der Waals surface area (Å²) < 4.78 is 12.4. The van der Waals surface area contributed by atoms with E-state index in [0.717, 1.165) is 24.0 Å². The summed E-state index contributed by atoms with van der Waals surface area (Å²) in [4.78, 5) is 37.7. The first-order valence-electron chi connectivity index (χ1n) is 12.6.